The van der Waals surface area contributed by atoms with Gasteiger partial charge >= 0.3 is 0 Å². The number of aryl methyl sites for hydroxylation is 3. The van der Waals surface area contributed by atoms with Gasteiger partial charge in [0.05, 0.1) is 5.69 Å². The minimum absolute atomic E-state index is 0.0463. The Morgan fingerprint density at radius 3 is 2.34 bits per heavy atom. The molecule has 2 aromatic carbocycles. The Labute approximate surface area is 193 Å². The fourth-order valence-electron chi connectivity index (χ4n) is 4.17. The van der Waals surface area contributed by atoms with Gasteiger partial charge in [0.2, 0.25) is 0 Å². The smallest absolute Gasteiger partial charge is 0.289 e. The summed E-state index contributed by atoms with van der Waals surface area (Å²) in [4.78, 5) is 15.0. The van der Waals surface area contributed by atoms with E-state index in [2.05, 4.69) is 4.72 Å². The first-order valence-corrected chi connectivity index (χ1v) is 12.6. The summed E-state index contributed by atoms with van der Waals surface area (Å²) in [5, 5.41) is 1.11. The van der Waals surface area contributed by atoms with E-state index in [1.165, 1.54) is 0 Å². The number of carbonyl (C=O) groups excluding carboxylic acids is 1. The maximum absolute atomic E-state index is 13.5. The third-order valence-electron chi connectivity index (χ3n) is 6.22. The molecule has 2 heterocycles. The highest BCUT2D eigenvalue weighted by atomic mass is 35.5. The number of nitrogens with zero attached hydrogens (tertiary/aromatic N) is 1. The van der Waals surface area contributed by atoms with Crippen molar-refractivity contribution in [1.29, 1.82) is 0 Å². The predicted molar refractivity (Wildman–Crippen MR) is 127 cm³/mol. The van der Waals surface area contributed by atoms with Crippen molar-refractivity contribution in [3.8, 4) is 0 Å². The standard InChI is InChI=1S/C24H27ClN2O4S/c1-14-8-9-18(13-20(14)25)26-32(29,30)23-16(3)15(2)12-19-17(4)21(31-22(19)23)24(28)27-10-6-5-7-11-27/h8-9,12-13,26H,5-7,10-11H2,1-4H3. The first-order valence-electron chi connectivity index (χ1n) is 10.7. The summed E-state index contributed by atoms with van der Waals surface area (Å²) < 4.78 is 35.6. The van der Waals surface area contributed by atoms with E-state index < -0.39 is 10.0 Å². The average molecular weight is 475 g/mol. The first-order chi connectivity index (χ1) is 15.1. The molecule has 0 bridgehead atoms. The van der Waals surface area contributed by atoms with Crippen molar-refractivity contribution in [1.82, 2.24) is 4.90 Å². The molecule has 1 saturated heterocycles. The van der Waals surface area contributed by atoms with Gasteiger partial charge < -0.3 is 9.32 Å². The van der Waals surface area contributed by atoms with Gasteiger partial charge in [-0.25, -0.2) is 8.42 Å². The number of hydrogen-bond acceptors (Lipinski definition) is 4. The van der Waals surface area contributed by atoms with Crippen molar-refractivity contribution in [2.24, 2.45) is 0 Å². The summed E-state index contributed by atoms with van der Waals surface area (Å²) >= 11 is 6.18. The number of rotatable bonds is 4. The fraction of sp³-hybridized carbons (Fsp3) is 0.375. The first kappa shape index (κ1) is 22.7. The second kappa shape index (κ2) is 8.45. The molecule has 0 aliphatic carbocycles. The Hall–Kier alpha value is -2.51. The molecule has 1 aromatic heterocycles. The van der Waals surface area contributed by atoms with Gasteiger partial charge in [-0.15, -0.1) is 0 Å². The number of likely N-dealkylation sites (tertiary alicyclic amines) is 1. The van der Waals surface area contributed by atoms with Gasteiger partial charge in [-0.3, -0.25) is 9.52 Å². The van der Waals surface area contributed by atoms with Crippen LogP contribution in [-0.2, 0) is 10.0 Å². The van der Waals surface area contributed by atoms with Crippen molar-refractivity contribution in [3.05, 3.63) is 57.3 Å². The lowest BCUT2D eigenvalue weighted by Gasteiger charge is -2.25. The van der Waals surface area contributed by atoms with E-state index in [4.69, 9.17) is 16.0 Å². The molecule has 0 unspecified atom stereocenters. The highest BCUT2D eigenvalue weighted by molar-refractivity contribution is 7.93. The number of hydrogen-bond donors (Lipinski definition) is 1. The van der Waals surface area contributed by atoms with E-state index in [0.29, 0.717) is 40.3 Å². The van der Waals surface area contributed by atoms with Crippen LogP contribution in [0.2, 0.25) is 5.02 Å². The molecular formula is C24H27ClN2O4S. The van der Waals surface area contributed by atoms with Crippen LogP contribution in [0.4, 0.5) is 5.69 Å². The molecule has 170 valence electrons. The number of sulfonamides is 1. The number of fused-ring (bicyclic) bond motifs is 1. The van der Waals surface area contributed by atoms with Crippen molar-refractivity contribution >= 4 is 44.2 Å². The van der Waals surface area contributed by atoms with Crippen molar-refractivity contribution in [3.63, 3.8) is 0 Å². The van der Waals surface area contributed by atoms with Crippen LogP contribution in [0.1, 0.15) is 52.1 Å². The molecule has 1 fully saturated rings. The lowest BCUT2D eigenvalue weighted by atomic mass is 10.0. The zero-order valence-electron chi connectivity index (χ0n) is 18.7. The molecule has 1 aliphatic rings. The van der Waals surface area contributed by atoms with Crippen LogP contribution in [0.3, 0.4) is 0 Å². The maximum atomic E-state index is 13.5. The second-order valence-electron chi connectivity index (χ2n) is 8.50. The minimum atomic E-state index is -4.00. The lowest BCUT2D eigenvalue weighted by Crippen LogP contribution is -2.35. The van der Waals surface area contributed by atoms with Crippen LogP contribution in [0.5, 0.6) is 0 Å². The molecule has 1 amide bonds. The van der Waals surface area contributed by atoms with Gasteiger partial charge in [-0.2, -0.15) is 0 Å². The van der Waals surface area contributed by atoms with E-state index >= 15 is 0 Å². The molecule has 1 N–H and O–H groups in total. The fourth-order valence-corrected chi connectivity index (χ4v) is 5.85. The normalized spacial score (nSPS) is 14.7. The summed E-state index contributed by atoms with van der Waals surface area (Å²) in [5.74, 6) is 0.0251. The minimum Gasteiger partial charge on any atom is -0.449 e. The zero-order chi connectivity index (χ0) is 23.2. The van der Waals surface area contributed by atoms with E-state index in [-0.39, 0.29) is 22.1 Å². The number of piperidine rings is 1. The molecular weight excluding hydrogens is 448 g/mol. The van der Waals surface area contributed by atoms with Crippen LogP contribution < -0.4 is 4.72 Å². The summed E-state index contributed by atoms with van der Waals surface area (Å²) in [5.41, 5.74) is 3.47. The molecule has 4 rings (SSSR count). The SMILES string of the molecule is Cc1ccc(NS(=O)(=O)c2c(C)c(C)cc3c(C)c(C(=O)N4CCCCC4)oc23)cc1Cl. The highest BCUT2D eigenvalue weighted by Gasteiger charge is 2.30. The largest absolute Gasteiger partial charge is 0.449 e. The second-order valence-corrected chi connectivity index (χ2v) is 10.5. The number of furan rings is 1. The van der Waals surface area contributed by atoms with Crippen LogP contribution in [0.15, 0.2) is 33.6 Å². The molecule has 3 aromatic rings. The zero-order valence-corrected chi connectivity index (χ0v) is 20.3. The Morgan fingerprint density at radius 1 is 1.00 bits per heavy atom. The molecule has 32 heavy (non-hydrogen) atoms. The van der Waals surface area contributed by atoms with Gasteiger partial charge in [0.1, 0.15) is 4.90 Å². The molecule has 8 heteroatoms. The number of halogens is 1. The summed E-state index contributed by atoms with van der Waals surface area (Å²) in [6, 6.07) is 6.89. The molecule has 6 nitrogen and oxygen atoms in total. The highest BCUT2D eigenvalue weighted by Crippen LogP contribution is 2.36. The van der Waals surface area contributed by atoms with E-state index in [1.54, 1.807) is 36.9 Å². The Bertz CT molecular complexity index is 1320. The Kier molecular flexibility index (Phi) is 5.98. The van der Waals surface area contributed by atoms with E-state index in [9.17, 15) is 13.2 Å². The topological polar surface area (TPSA) is 79.6 Å². The average Bonchev–Trinajstić information content (AvgIpc) is 3.07. The summed E-state index contributed by atoms with van der Waals surface area (Å²) in [6.45, 7) is 8.63. The number of nitrogens with one attached hydrogen (secondary N) is 1. The van der Waals surface area contributed by atoms with Crippen molar-refractivity contribution < 1.29 is 17.6 Å². The quantitative estimate of drug-likeness (QED) is 0.522. The predicted octanol–water partition coefficient (Wildman–Crippen LogP) is 5.75. The third kappa shape index (κ3) is 3.99. The molecule has 0 atom stereocenters. The summed E-state index contributed by atoms with van der Waals surface area (Å²) in [6.07, 6.45) is 3.04. The van der Waals surface area contributed by atoms with E-state index in [0.717, 1.165) is 30.4 Å². The van der Waals surface area contributed by atoms with Crippen LogP contribution in [0, 0.1) is 27.7 Å². The number of anilines is 1. The molecule has 1 aliphatic heterocycles. The van der Waals surface area contributed by atoms with Crippen molar-refractivity contribution in [2.75, 3.05) is 17.8 Å². The van der Waals surface area contributed by atoms with Crippen LogP contribution in [0.25, 0.3) is 11.0 Å². The third-order valence-corrected chi connectivity index (χ3v) is 8.16. The van der Waals surface area contributed by atoms with Gasteiger partial charge in [0.15, 0.2) is 11.3 Å². The maximum Gasteiger partial charge on any atom is 0.289 e. The Morgan fingerprint density at radius 2 is 1.69 bits per heavy atom. The number of benzene rings is 2. The van der Waals surface area contributed by atoms with Gasteiger partial charge in [-0.05, 0) is 81.8 Å². The molecule has 0 saturated carbocycles. The van der Waals surface area contributed by atoms with E-state index in [1.807, 2.05) is 19.9 Å². The van der Waals surface area contributed by atoms with Crippen LogP contribution in [-0.4, -0.2) is 32.3 Å². The number of carbonyl (C=O) groups is 1. The number of amides is 1. The molecule has 0 radical (unpaired) electrons. The van der Waals surface area contributed by atoms with Gasteiger partial charge in [0, 0.05) is 29.1 Å². The monoisotopic (exact) mass is 474 g/mol. The van der Waals surface area contributed by atoms with Crippen LogP contribution >= 0.6 is 11.6 Å². The van der Waals surface area contributed by atoms with Gasteiger partial charge in [-0.1, -0.05) is 17.7 Å². The van der Waals surface area contributed by atoms with Crippen molar-refractivity contribution in [2.45, 2.75) is 51.9 Å². The Balaban J connectivity index is 1.84. The van der Waals surface area contributed by atoms with Gasteiger partial charge in [0.25, 0.3) is 15.9 Å². The lowest BCUT2D eigenvalue weighted by molar-refractivity contribution is 0.0693. The summed E-state index contributed by atoms with van der Waals surface area (Å²) in [7, 11) is -4.00. The molecule has 0 spiro atoms.